The van der Waals surface area contributed by atoms with Crippen molar-refractivity contribution in [3.8, 4) is 0 Å². The van der Waals surface area contributed by atoms with Gasteiger partial charge in [0.2, 0.25) is 5.56 Å². The van der Waals surface area contributed by atoms with E-state index in [-0.39, 0.29) is 17.5 Å². The van der Waals surface area contributed by atoms with E-state index < -0.39 is 0 Å². The van der Waals surface area contributed by atoms with Gasteiger partial charge in [-0.3, -0.25) is 9.59 Å². The first-order valence-corrected chi connectivity index (χ1v) is 7.81. The predicted molar refractivity (Wildman–Crippen MR) is 88.6 cm³/mol. The minimum Gasteiger partial charge on any atom is -0.368 e. The first-order valence-electron chi connectivity index (χ1n) is 7.81. The first-order chi connectivity index (χ1) is 11.1. The lowest BCUT2D eigenvalue weighted by atomic mass is 10.2. The van der Waals surface area contributed by atoms with Gasteiger partial charge in [-0.2, -0.15) is 0 Å². The number of nitrogens with zero attached hydrogens (tertiary/aromatic N) is 2. The zero-order chi connectivity index (χ0) is 16.2. The lowest BCUT2D eigenvalue weighted by Gasteiger charge is -2.25. The van der Waals surface area contributed by atoms with E-state index in [2.05, 4.69) is 15.3 Å². The second-order valence-electron chi connectivity index (χ2n) is 5.78. The van der Waals surface area contributed by atoms with Crippen LogP contribution in [0.4, 0.5) is 5.82 Å². The van der Waals surface area contributed by atoms with Crippen LogP contribution in [0.5, 0.6) is 0 Å². The molecule has 1 fully saturated rings. The predicted octanol–water partition coefficient (Wildman–Crippen LogP) is 1.80. The molecule has 1 atom stereocenters. The number of H-pyrrole nitrogens is 1. The van der Waals surface area contributed by atoms with E-state index in [1.54, 1.807) is 6.07 Å². The Labute approximate surface area is 134 Å². The maximum Gasteiger partial charge on any atom is 0.254 e. The van der Waals surface area contributed by atoms with Crippen LogP contribution < -0.4 is 10.9 Å². The summed E-state index contributed by atoms with van der Waals surface area (Å²) in [5.41, 5.74) is 1.14. The van der Waals surface area contributed by atoms with E-state index in [9.17, 15) is 9.59 Å². The normalized spacial score (nSPS) is 17.3. The van der Waals surface area contributed by atoms with Gasteiger partial charge in [-0.25, -0.2) is 4.98 Å². The number of rotatable bonds is 4. The van der Waals surface area contributed by atoms with E-state index in [1.165, 1.54) is 12.3 Å². The quantitative estimate of drug-likeness (QED) is 0.902. The highest BCUT2D eigenvalue weighted by Crippen LogP contribution is 2.20. The maximum absolute atomic E-state index is 12.6. The van der Waals surface area contributed by atoms with E-state index in [4.69, 9.17) is 0 Å². The Balaban J connectivity index is 1.68. The fourth-order valence-electron chi connectivity index (χ4n) is 2.92. The molecule has 23 heavy (non-hydrogen) atoms. The van der Waals surface area contributed by atoms with Crippen LogP contribution in [-0.4, -0.2) is 39.9 Å². The molecule has 2 aromatic rings. The number of nitrogens with one attached hydrogen (secondary N) is 2. The summed E-state index contributed by atoms with van der Waals surface area (Å²) >= 11 is 0. The summed E-state index contributed by atoms with van der Waals surface area (Å²) in [6, 6.07) is 8.94. The molecule has 0 spiro atoms. The SMILES string of the molecule is Cc1cccc(NCC2CCCN2C(=O)c2cc[nH]c(=O)c2)n1. The number of carbonyl (C=O) groups excluding carboxylic acids is 1. The summed E-state index contributed by atoms with van der Waals surface area (Å²) in [5.74, 6) is 0.734. The highest BCUT2D eigenvalue weighted by atomic mass is 16.2. The molecule has 0 radical (unpaired) electrons. The van der Waals surface area contributed by atoms with E-state index in [0.29, 0.717) is 12.1 Å². The molecule has 6 heteroatoms. The molecule has 0 aliphatic carbocycles. The number of aryl methyl sites for hydroxylation is 1. The maximum atomic E-state index is 12.6. The molecule has 3 heterocycles. The Morgan fingerprint density at radius 1 is 1.43 bits per heavy atom. The molecule has 1 unspecified atom stereocenters. The van der Waals surface area contributed by atoms with E-state index in [0.717, 1.165) is 30.9 Å². The molecule has 2 aromatic heterocycles. The van der Waals surface area contributed by atoms with Crippen LogP contribution in [0.2, 0.25) is 0 Å². The third-order valence-corrected chi connectivity index (χ3v) is 4.07. The van der Waals surface area contributed by atoms with Gasteiger partial charge >= 0.3 is 0 Å². The molecule has 2 N–H and O–H groups in total. The van der Waals surface area contributed by atoms with Crippen molar-refractivity contribution in [1.82, 2.24) is 14.9 Å². The highest BCUT2D eigenvalue weighted by Gasteiger charge is 2.29. The lowest BCUT2D eigenvalue weighted by Crippen LogP contribution is -2.40. The van der Waals surface area contributed by atoms with Crippen molar-refractivity contribution in [1.29, 1.82) is 0 Å². The molecule has 1 saturated heterocycles. The number of hydrogen-bond donors (Lipinski definition) is 2. The third-order valence-electron chi connectivity index (χ3n) is 4.07. The summed E-state index contributed by atoms with van der Waals surface area (Å²) in [4.78, 5) is 32.8. The van der Waals surface area contributed by atoms with Crippen molar-refractivity contribution >= 4 is 11.7 Å². The minimum absolute atomic E-state index is 0.0856. The standard InChI is InChI=1S/C17H20N4O2/c1-12-4-2-6-15(20-12)19-11-14-5-3-9-21(14)17(23)13-7-8-18-16(22)10-13/h2,4,6-8,10,14H,3,5,9,11H2,1H3,(H,18,22)(H,19,20). The number of anilines is 1. The Kier molecular flexibility index (Phi) is 4.41. The molecule has 1 aliphatic heterocycles. The second kappa shape index (κ2) is 6.64. The number of hydrogen-bond acceptors (Lipinski definition) is 4. The molecule has 0 aromatic carbocycles. The largest absolute Gasteiger partial charge is 0.368 e. The van der Waals surface area contributed by atoms with Gasteiger partial charge in [-0.1, -0.05) is 6.07 Å². The number of carbonyl (C=O) groups is 1. The van der Waals surface area contributed by atoms with Crippen molar-refractivity contribution in [3.05, 3.63) is 58.1 Å². The minimum atomic E-state index is -0.256. The van der Waals surface area contributed by atoms with Gasteiger partial charge in [0.05, 0.1) is 0 Å². The fourth-order valence-corrected chi connectivity index (χ4v) is 2.92. The summed E-state index contributed by atoms with van der Waals surface area (Å²) in [6.07, 6.45) is 3.44. The van der Waals surface area contributed by atoms with Gasteiger partial charge in [-0.05, 0) is 38.0 Å². The van der Waals surface area contributed by atoms with E-state index in [1.807, 2.05) is 30.0 Å². The molecule has 0 saturated carbocycles. The number of aromatic amines is 1. The van der Waals surface area contributed by atoms with Crippen molar-refractivity contribution in [3.63, 3.8) is 0 Å². The Bertz CT molecular complexity index is 756. The first kappa shape index (κ1) is 15.3. The van der Waals surface area contributed by atoms with Gasteiger partial charge in [0.15, 0.2) is 0 Å². The van der Waals surface area contributed by atoms with Gasteiger partial charge in [-0.15, -0.1) is 0 Å². The molecule has 1 amide bonds. The van der Waals surface area contributed by atoms with Crippen molar-refractivity contribution in [2.45, 2.75) is 25.8 Å². The summed E-state index contributed by atoms with van der Waals surface area (Å²) in [7, 11) is 0. The van der Waals surface area contributed by atoms with Crippen LogP contribution >= 0.6 is 0 Å². The average molecular weight is 312 g/mol. The lowest BCUT2D eigenvalue weighted by molar-refractivity contribution is 0.0743. The van der Waals surface area contributed by atoms with Crippen LogP contribution in [0.25, 0.3) is 0 Å². The van der Waals surface area contributed by atoms with Crippen LogP contribution in [0, 0.1) is 6.92 Å². The van der Waals surface area contributed by atoms with Crippen LogP contribution in [-0.2, 0) is 0 Å². The van der Waals surface area contributed by atoms with Gasteiger partial charge < -0.3 is 15.2 Å². The topological polar surface area (TPSA) is 78.1 Å². The number of aromatic nitrogens is 2. The van der Waals surface area contributed by atoms with Gasteiger partial charge in [0.25, 0.3) is 5.91 Å². The van der Waals surface area contributed by atoms with E-state index >= 15 is 0 Å². The summed E-state index contributed by atoms with van der Waals surface area (Å²) < 4.78 is 0. The second-order valence-corrected chi connectivity index (χ2v) is 5.78. The monoisotopic (exact) mass is 312 g/mol. The molecule has 6 nitrogen and oxygen atoms in total. The Hall–Kier alpha value is -2.63. The zero-order valence-corrected chi connectivity index (χ0v) is 13.1. The molecule has 1 aliphatic rings. The molecule has 3 rings (SSSR count). The summed E-state index contributed by atoms with van der Waals surface area (Å²) in [6.45, 7) is 3.33. The Morgan fingerprint density at radius 2 is 2.30 bits per heavy atom. The third kappa shape index (κ3) is 3.59. The molecule has 120 valence electrons. The average Bonchev–Trinajstić information content (AvgIpc) is 3.01. The van der Waals surface area contributed by atoms with Gasteiger partial charge in [0.1, 0.15) is 5.82 Å². The molecule has 0 bridgehead atoms. The summed E-state index contributed by atoms with van der Waals surface area (Å²) in [5, 5.41) is 3.30. The Morgan fingerprint density at radius 3 is 3.09 bits per heavy atom. The number of amides is 1. The van der Waals surface area contributed by atoms with Crippen LogP contribution in [0.1, 0.15) is 28.9 Å². The number of likely N-dealkylation sites (tertiary alicyclic amines) is 1. The van der Waals surface area contributed by atoms with Crippen molar-refractivity contribution < 1.29 is 4.79 Å². The number of pyridine rings is 2. The molecular weight excluding hydrogens is 292 g/mol. The fraction of sp³-hybridized carbons (Fsp3) is 0.353. The smallest absolute Gasteiger partial charge is 0.254 e. The van der Waals surface area contributed by atoms with Crippen LogP contribution in [0.15, 0.2) is 41.3 Å². The highest BCUT2D eigenvalue weighted by molar-refractivity contribution is 5.94. The van der Waals surface area contributed by atoms with Crippen molar-refractivity contribution in [2.24, 2.45) is 0 Å². The zero-order valence-electron chi connectivity index (χ0n) is 13.1. The van der Waals surface area contributed by atoms with Crippen molar-refractivity contribution in [2.75, 3.05) is 18.4 Å². The van der Waals surface area contributed by atoms with Gasteiger partial charge in [0, 0.05) is 42.7 Å². The molecular formula is C17H20N4O2. The van der Waals surface area contributed by atoms with Crippen LogP contribution in [0.3, 0.4) is 0 Å².